The maximum absolute atomic E-state index is 6.23. The summed E-state index contributed by atoms with van der Waals surface area (Å²) in [5.41, 5.74) is -0.575. The molecule has 2 aromatic rings. The van der Waals surface area contributed by atoms with Crippen LogP contribution in [0.25, 0.3) is 0 Å². The molecular weight excluding hydrogens is 358 g/mol. The van der Waals surface area contributed by atoms with Crippen molar-refractivity contribution in [2.24, 2.45) is 0 Å². The number of hydrogen-bond donors (Lipinski definition) is 0. The lowest BCUT2D eigenvalue weighted by Crippen LogP contribution is -2.45. The average molecular weight is 380 g/mol. The number of piperidine rings is 1. The Kier molecular flexibility index (Phi) is 5.06. The molecule has 0 aliphatic carbocycles. The van der Waals surface area contributed by atoms with Crippen LogP contribution >= 0.6 is 11.6 Å². The van der Waals surface area contributed by atoms with Crippen LogP contribution in [-0.4, -0.2) is 46.4 Å². The van der Waals surface area contributed by atoms with Crippen LogP contribution in [0.2, 0.25) is 5.02 Å². The monoisotopic (exact) mass is 379 g/mol. The van der Waals surface area contributed by atoms with Crippen molar-refractivity contribution < 1.29 is 14.0 Å². The zero-order valence-corrected chi connectivity index (χ0v) is 15.5. The van der Waals surface area contributed by atoms with Crippen LogP contribution < -0.4 is 4.90 Å². The Labute approximate surface area is 156 Å². The fourth-order valence-electron chi connectivity index (χ4n) is 3.65. The number of rotatable bonds is 5. The van der Waals surface area contributed by atoms with E-state index in [0.717, 1.165) is 38.4 Å². The lowest BCUT2D eigenvalue weighted by atomic mass is 9.90. The number of ether oxygens (including phenoxy) is 2. The normalized spacial score (nSPS) is 22.7. The van der Waals surface area contributed by atoms with E-state index in [2.05, 4.69) is 25.0 Å². The second-order valence-electron chi connectivity index (χ2n) is 6.57. The minimum absolute atomic E-state index is 0.0638. The summed E-state index contributed by atoms with van der Waals surface area (Å²) in [4.78, 5) is 15.0. The van der Waals surface area contributed by atoms with Crippen molar-refractivity contribution in [3.8, 4) is 0 Å². The molecule has 2 aliphatic rings. The van der Waals surface area contributed by atoms with Crippen molar-refractivity contribution in [1.29, 1.82) is 0 Å². The van der Waals surface area contributed by atoms with E-state index in [1.807, 2.05) is 6.92 Å². The first-order chi connectivity index (χ1) is 12.7. The highest BCUT2D eigenvalue weighted by atomic mass is 35.5. The quantitative estimate of drug-likeness (QED) is 0.783. The summed E-state index contributed by atoms with van der Waals surface area (Å²) in [5, 5.41) is 4.70. The van der Waals surface area contributed by atoms with Gasteiger partial charge in [-0.25, -0.2) is 9.97 Å². The van der Waals surface area contributed by atoms with E-state index >= 15 is 0 Å². The summed E-state index contributed by atoms with van der Waals surface area (Å²) >= 11 is 6.23. The van der Waals surface area contributed by atoms with Crippen LogP contribution in [0.3, 0.4) is 0 Å². The molecule has 2 aliphatic heterocycles. The molecule has 0 aromatic carbocycles. The van der Waals surface area contributed by atoms with E-state index in [-0.39, 0.29) is 6.10 Å². The van der Waals surface area contributed by atoms with Crippen molar-refractivity contribution in [3.63, 3.8) is 0 Å². The average Bonchev–Trinajstić information content (AvgIpc) is 3.35. The van der Waals surface area contributed by atoms with E-state index < -0.39 is 5.60 Å². The first-order valence-electron chi connectivity index (χ1n) is 9.02. The lowest BCUT2D eigenvalue weighted by Gasteiger charge is -2.39. The number of halogens is 1. The topological polar surface area (TPSA) is 86.4 Å². The maximum Gasteiger partial charge on any atom is 0.259 e. The van der Waals surface area contributed by atoms with Crippen molar-refractivity contribution in [1.82, 2.24) is 20.1 Å². The maximum atomic E-state index is 6.23. The Morgan fingerprint density at radius 3 is 2.92 bits per heavy atom. The number of nitrogens with zero attached hydrogens (tertiary/aromatic N) is 5. The molecule has 0 N–H and O–H groups in total. The number of hydrogen-bond acceptors (Lipinski definition) is 8. The van der Waals surface area contributed by atoms with E-state index in [4.69, 9.17) is 25.6 Å². The van der Waals surface area contributed by atoms with E-state index in [1.165, 1.54) is 6.33 Å². The highest BCUT2D eigenvalue weighted by Gasteiger charge is 2.43. The van der Waals surface area contributed by atoms with Crippen molar-refractivity contribution in [2.75, 3.05) is 31.2 Å². The first-order valence-corrected chi connectivity index (χ1v) is 9.40. The third-order valence-electron chi connectivity index (χ3n) is 4.99. The van der Waals surface area contributed by atoms with E-state index in [0.29, 0.717) is 36.2 Å². The molecule has 2 fully saturated rings. The molecule has 26 heavy (non-hydrogen) atoms. The first kappa shape index (κ1) is 17.6. The summed E-state index contributed by atoms with van der Waals surface area (Å²) in [7, 11) is 0. The van der Waals surface area contributed by atoms with Gasteiger partial charge in [0, 0.05) is 39.1 Å². The fraction of sp³-hybridized carbons (Fsp3) is 0.647. The molecule has 1 atom stereocenters. The van der Waals surface area contributed by atoms with Gasteiger partial charge in [0.2, 0.25) is 5.82 Å². The van der Waals surface area contributed by atoms with Crippen LogP contribution in [0.1, 0.15) is 50.4 Å². The standard InChI is InChI=1S/C17H22ClN5O3/c1-2-25-17(16-21-14(22-26-16)13-4-3-9-24-13)5-7-23(8-6-17)15-12(18)10-19-11-20-15/h10-11,13H,2-9H2,1H3/t13-/m1/s1. The molecule has 9 heteroatoms. The predicted molar refractivity (Wildman–Crippen MR) is 94.0 cm³/mol. The zero-order valence-electron chi connectivity index (χ0n) is 14.7. The Balaban J connectivity index is 1.52. The Morgan fingerprint density at radius 1 is 1.38 bits per heavy atom. The van der Waals surface area contributed by atoms with Gasteiger partial charge in [-0.1, -0.05) is 16.8 Å². The van der Waals surface area contributed by atoms with Crippen molar-refractivity contribution in [3.05, 3.63) is 29.3 Å². The van der Waals surface area contributed by atoms with Gasteiger partial charge in [-0.3, -0.25) is 0 Å². The number of anilines is 1. The molecule has 2 saturated heterocycles. The molecule has 0 amide bonds. The molecule has 0 radical (unpaired) electrons. The minimum atomic E-state index is -0.575. The smallest absolute Gasteiger partial charge is 0.259 e. The summed E-state index contributed by atoms with van der Waals surface area (Å²) in [6.07, 6.45) is 6.45. The molecule has 0 spiro atoms. The molecule has 0 bridgehead atoms. The van der Waals surface area contributed by atoms with Crippen LogP contribution in [0.15, 0.2) is 17.0 Å². The molecule has 4 heterocycles. The van der Waals surface area contributed by atoms with Gasteiger partial charge in [0.1, 0.15) is 23.1 Å². The fourth-order valence-corrected chi connectivity index (χ4v) is 3.87. The van der Waals surface area contributed by atoms with Gasteiger partial charge in [-0.2, -0.15) is 4.98 Å². The second-order valence-corrected chi connectivity index (χ2v) is 6.98. The Hall–Kier alpha value is -1.77. The highest BCUT2D eigenvalue weighted by molar-refractivity contribution is 6.32. The third kappa shape index (κ3) is 3.28. The van der Waals surface area contributed by atoms with Crippen LogP contribution in [0.5, 0.6) is 0 Å². The molecule has 140 valence electrons. The van der Waals surface area contributed by atoms with Crippen molar-refractivity contribution >= 4 is 17.4 Å². The second kappa shape index (κ2) is 7.46. The van der Waals surface area contributed by atoms with Gasteiger partial charge < -0.3 is 18.9 Å². The van der Waals surface area contributed by atoms with E-state index in [9.17, 15) is 0 Å². The minimum Gasteiger partial charge on any atom is -0.370 e. The molecular formula is C17H22ClN5O3. The van der Waals surface area contributed by atoms with Crippen LogP contribution in [-0.2, 0) is 15.1 Å². The highest BCUT2D eigenvalue weighted by Crippen LogP contribution is 2.39. The van der Waals surface area contributed by atoms with Gasteiger partial charge in [0.15, 0.2) is 5.82 Å². The van der Waals surface area contributed by atoms with Crippen LogP contribution in [0, 0.1) is 0 Å². The summed E-state index contributed by atoms with van der Waals surface area (Å²) < 4.78 is 17.4. The summed E-state index contributed by atoms with van der Waals surface area (Å²) in [6.45, 7) is 4.77. The SMILES string of the molecule is CCOC1(c2nc([C@H]3CCCO3)no2)CCN(c2ncncc2Cl)CC1. The Bertz CT molecular complexity index is 742. The number of aromatic nitrogens is 4. The van der Waals surface area contributed by atoms with Gasteiger partial charge in [-0.15, -0.1) is 0 Å². The summed E-state index contributed by atoms with van der Waals surface area (Å²) in [5.74, 6) is 1.91. The van der Waals surface area contributed by atoms with Gasteiger partial charge in [-0.05, 0) is 19.8 Å². The van der Waals surface area contributed by atoms with Crippen molar-refractivity contribution in [2.45, 2.75) is 44.3 Å². The molecule has 2 aromatic heterocycles. The van der Waals surface area contributed by atoms with Gasteiger partial charge in [0.05, 0.1) is 6.20 Å². The molecule has 8 nitrogen and oxygen atoms in total. The largest absolute Gasteiger partial charge is 0.370 e. The van der Waals surface area contributed by atoms with Crippen LogP contribution in [0.4, 0.5) is 5.82 Å². The van der Waals surface area contributed by atoms with Gasteiger partial charge in [0.25, 0.3) is 5.89 Å². The third-order valence-corrected chi connectivity index (χ3v) is 5.26. The molecule has 4 rings (SSSR count). The van der Waals surface area contributed by atoms with E-state index in [1.54, 1.807) is 6.20 Å². The molecule has 0 saturated carbocycles. The molecule has 0 unspecified atom stereocenters. The van der Waals surface area contributed by atoms with Gasteiger partial charge >= 0.3 is 0 Å². The lowest BCUT2D eigenvalue weighted by molar-refractivity contribution is -0.0825. The zero-order chi connectivity index (χ0) is 18.0. The Morgan fingerprint density at radius 2 is 2.23 bits per heavy atom. The summed E-state index contributed by atoms with van der Waals surface area (Å²) in [6, 6.07) is 0. The predicted octanol–water partition coefficient (Wildman–Crippen LogP) is 2.90.